The van der Waals surface area contributed by atoms with Crippen LogP contribution in [0.3, 0.4) is 0 Å². The lowest BCUT2D eigenvalue weighted by Crippen LogP contribution is -2.33. The summed E-state index contributed by atoms with van der Waals surface area (Å²) in [5.41, 5.74) is 0.679. The maximum Gasteiger partial charge on any atom is 0.252 e. The summed E-state index contributed by atoms with van der Waals surface area (Å²) in [6.07, 6.45) is 0.566. The molecule has 0 bridgehead atoms. The van der Waals surface area contributed by atoms with Crippen LogP contribution in [0.4, 0.5) is 0 Å². The van der Waals surface area contributed by atoms with E-state index >= 15 is 0 Å². The first kappa shape index (κ1) is 12.6. The predicted molar refractivity (Wildman–Crippen MR) is 72.6 cm³/mol. The summed E-state index contributed by atoms with van der Waals surface area (Å²) in [7, 11) is 0. The molecule has 94 valence electrons. The predicted octanol–water partition coefficient (Wildman–Crippen LogP) is 2.34. The molecule has 0 radical (unpaired) electrons. The number of rotatable bonds is 4. The molecule has 0 saturated carbocycles. The van der Waals surface area contributed by atoms with E-state index in [-0.39, 0.29) is 18.6 Å². The molecule has 0 heterocycles. The van der Waals surface area contributed by atoms with Gasteiger partial charge in [-0.1, -0.05) is 36.4 Å². The lowest BCUT2D eigenvalue weighted by atomic mass is 10.0. The molecule has 0 spiro atoms. The van der Waals surface area contributed by atoms with Gasteiger partial charge in [0.25, 0.3) is 5.91 Å². The summed E-state index contributed by atoms with van der Waals surface area (Å²) >= 11 is 0. The Kier molecular flexibility index (Phi) is 3.95. The second-order valence-corrected chi connectivity index (χ2v) is 4.41. The number of nitrogens with one attached hydrogen (secondary N) is 1. The van der Waals surface area contributed by atoms with Gasteiger partial charge in [-0.3, -0.25) is 4.79 Å². The standard InChI is InChI=1S/C15H17NO2/c1-11(9-10-17)16-15(18)14-8-4-6-12-5-2-3-7-13(12)14/h2-8,11,17H,9-10H2,1H3,(H,16,18)/t11-/m1/s1. The van der Waals surface area contributed by atoms with E-state index in [0.717, 1.165) is 10.8 Å². The van der Waals surface area contributed by atoms with Crippen LogP contribution in [0.5, 0.6) is 0 Å². The average Bonchev–Trinajstić information content (AvgIpc) is 2.38. The van der Waals surface area contributed by atoms with E-state index in [2.05, 4.69) is 5.32 Å². The number of carbonyl (C=O) groups is 1. The molecule has 2 aromatic carbocycles. The molecule has 1 amide bonds. The van der Waals surface area contributed by atoms with Gasteiger partial charge in [0.2, 0.25) is 0 Å². The number of carbonyl (C=O) groups excluding carboxylic acids is 1. The molecule has 2 aromatic rings. The largest absolute Gasteiger partial charge is 0.396 e. The fraction of sp³-hybridized carbons (Fsp3) is 0.267. The first-order valence-electron chi connectivity index (χ1n) is 6.12. The molecule has 0 saturated heterocycles. The molecule has 0 fully saturated rings. The maximum atomic E-state index is 12.2. The van der Waals surface area contributed by atoms with Gasteiger partial charge in [0.1, 0.15) is 0 Å². The first-order chi connectivity index (χ1) is 8.72. The SMILES string of the molecule is C[C@H](CCO)NC(=O)c1cccc2ccccc12. The van der Waals surface area contributed by atoms with E-state index in [9.17, 15) is 4.79 Å². The van der Waals surface area contributed by atoms with Crippen molar-refractivity contribution in [3.63, 3.8) is 0 Å². The number of amides is 1. The van der Waals surface area contributed by atoms with E-state index in [0.29, 0.717) is 12.0 Å². The van der Waals surface area contributed by atoms with Crippen molar-refractivity contribution in [1.29, 1.82) is 0 Å². The Balaban J connectivity index is 2.28. The number of aliphatic hydroxyl groups excluding tert-OH is 1. The molecule has 0 aliphatic heterocycles. The molecule has 18 heavy (non-hydrogen) atoms. The van der Waals surface area contributed by atoms with Gasteiger partial charge in [0.05, 0.1) is 0 Å². The highest BCUT2D eigenvalue weighted by Crippen LogP contribution is 2.18. The lowest BCUT2D eigenvalue weighted by Gasteiger charge is -2.13. The second-order valence-electron chi connectivity index (χ2n) is 4.41. The van der Waals surface area contributed by atoms with Crippen LogP contribution in [0.2, 0.25) is 0 Å². The fourth-order valence-electron chi connectivity index (χ4n) is 1.99. The topological polar surface area (TPSA) is 49.3 Å². The lowest BCUT2D eigenvalue weighted by molar-refractivity contribution is 0.0936. The van der Waals surface area contributed by atoms with Crippen LogP contribution in [0, 0.1) is 0 Å². The molecule has 2 N–H and O–H groups in total. The van der Waals surface area contributed by atoms with E-state index in [4.69, 9.17) is 5.11 Å². The van der Waals surface area contributed by atoms with Crippen molar-refractivity contribution >= 4 is 16.7 Å². The average molecular weight is 243 g/mol. The highest BCUT2D eigenvalue weighted by molar-refractivity contribution is 6.07. The first-order valence-corrected chi connectivity index (χ1v) is 6.12. The molecule has 3 heteroatoms. The van der Waals surface area contributed by atoms with E-state index in [1.165, 1.54) is 0 Å². The quantitative estimate of drug-likeness (QED) is 0.866. The smallest absolute Gasteiger partial charge is 0.252 e. The van der Waals surface area contributed by atoms with Gasteiger partial charge >= 0.3 is 0 Å². The Morgan fingerprint density at radius 2 is 1.94 bits per heavy atom. The molecule has 0 aliphatic carbocycles. The highest BCUT2D eigenvalue weighted by atomic mass is 16.3. The molecule has 0 unspecified atom stereocenters. The highest BCUT2D eigenvalue weighted by Gasteiger charge is 2.11. The van der Waals surface area contributed by atoms with Gasteiger partial charge in [0, 0.05) is 18.2 Å². The van der Waals surface area contributed by atoms with E-state index in [1.54, 1.807) is 0 Å². The van der Waals surface area contributed by atoms with Crippen molar-refractivity contribution in [3.05, 3.63) is 48.0 Å². The second kappa shape index (κ2) is 5.65. The van der Waals surface area contributed by atoms with Crippen LogP contribution in [-0.2, 0) is 0 Å². The van der Waals surface area contributed by atoms with Crippen LogP contribution in [0.15, 0.2) is 42.5 Å². The van der Waals surface area contributed by atoms with Crippen molar-refractivity contribution < 1.29 is 9.90 Å². The molecule has 2 rings (SSSR count). The van der Waals surface area contributed by atoms with E-state index in [1.807, 2.05) is 49.4 Å². The molecular formula is C15H17NO2. The minimum Gasteiger partial charge on any atom is -0.396 e. The molecular weight excluding hydrogens is 226 g/mol. The van der Waals surface area contributed by atoms with Crippen LogP contribution in [0.25, 0.3) is 10.8 Å². The Morgan fingerprint density at radius 1 is 1.22 bits per heavy atom. The maximum absolute atomic E-state index is 12.2. The molecule has 0 aliphatic rings. The summed E-state index contributed by atoms with van der Waals surface area (Å²) in [4.78, 5) is 12.2. The summed E-state index contributed by atoms with van der Waals surface area (Å²) in [5, 5.41) is 13.7. The molecule has 1 atom stereocenters. The number of benzene rings is 2. The van der Waals surface area contributed by atoms with Crippen molar-refractivity contribution in [2.45, 2.75) is 19.4 Å². The van der Waals surface area contributed by atoms with Crippen molar-refractivity contribution in [1.82, 2.24) is 5.32 Å². The van der Waals surface area contributed by atoms with E-state index < -0.39 is 0 Å². The summed E-state index contributed by atoms with van der Waals surface area (Å²) < 4.78 is 0. The van der Waals surface area contributed by atoms with Crippen molar-refractivity contribution in [3.8, 4) is 0 Å². The van der Waals surface area contributed by atoms with Crippen LogP contribution < -0.4 is 5.32 Å². The molecule has 0 aromatic heterocycles. The zero-order valence-electron chi connectivity index (χ0n) is 10.4. The zero-order chi connectivity index (χ0) is 13.0. The number of aliphatic hydroxyl groups is 1. The van der Waals surface area contributed by atoms with Crippen LogP contribution in [-0.4, -0.2) is 23.7 Å². The Morgan fingerprint density at radius 3 is 2.72 bits per heavy atom. The van der Waals surface area contributed by atoms with Gasteiger partial charge in [-0.25, -0.2) is 0 Å². The third-order valence-corrected chi connectivity index (χ3v) is 2.97. The summed E-state index contributed by atoms with van der Waals surface area (Å²) in [6, 6.07) is 13.5. The third kappa shape index (κ3) is 2.68. The van der Waals surface area contributed by atoms with Gasteiger partial charge in [-0.2, -0.15) is 0 Å². The summed E-state index contributed by atoms with van der Waals surface area (Å²) in [6.45, 7) is 1.97. The minimum absolute atomic E-state index is 0.0264. The summed E-state index contributed by atoms with van der Waals surface area (Å²) in [5.74, 6) is -0.0900. The fourth-order valence-corrected chi connectivity index (χ4v) is 1.99. The third-order valence-electron chi connectivity index (χ3n) is 2.97. The van der Waals surface area contributed by atoms with Crippen molar-refractivity contribution in [2.75, 3.05) is 6.61 Å². The molecule has 3 nitrogen and oxygen atoms in total. The van der Waals surface area contributed by atoms with Gasteiger partial charge in [0.15, 0.2) is 0 Å². The van der Waals surface area contributed by atoms with Gasteiger partial charge in [-0.15, -0.1) is 0 Å². The monoisotopic (exact) mass is 243 g/mol. The van der Waals surface area contributed by atoms with Crippen molar-refractivity contribution in [2.24, 2.45) is 0 Å². The Hall–Kier alpha value is -1.87. The zero-order valence-corrected chi connectivity index (χ0v) is 10.4. The Labute approximate surface area is 106 Å². The number of hydrogen-bond donors (Lipinski definition) is 2. The van der Waals surface area contributed by atoms with Crippen LogP contribution >= 0.6 is 0 Å². The van der Waals surface area contributed by atoms with Gasteiger partial charge < -0.3 is 10.4 Å². The number of hydrogen-bond acceptors (Lipinski definition) is 2. The minimum atomic E-state index is -0.0900. The normalized spacial score (nSPS) is 12.3. The Bertz CT molecular complexity index is 546. The number of fused-ring (bicyclic) bond motifs is 1. The van der Waals surface area contributed by atoms with Crippen LogP contribution in [0.1, 0.15) is 23.7 Å². The van der Waals surface area contributed by atoms with Gasteiger partial charge in [-0.05, 0) is 30.2 Å².